The van der Waals surface area contributed by atoms with Gasteiger partial charge in [-0.25, -0.2) is 14.8 Å². The second-order valence-corrected chi connectivity index (χ2v) is 3.92. The second-order valence-electron chi connectivity index (χ2n) is 3.53. The van der Waals surface area contributed by atoms with Gasteiger partial charge in [0.05, 0.1) is 6.54 Å². The molecule has 0 N–H and O–H groups in total. The largest absolute Gasteiger partial charge is 0.347 e. The number of hydrogen-bond donors (Lipinski definition) is 0. The number of aryl methyl sites for hydroxylation is 1. The fraction of sp³-hybridized carbons (Fsp3) is 0.182. The monoisotopic (exact) mass is 235 g/mol. The minimum atomic E-state index is -0.263. The Labute approximate surface area is 97.6 Å². The molecule has 4 nitrogen and oxygen atoms in total. The van der Waals surface area contributed by atoms with Crippen LogP contribution in [-0.2, 0) is 6.54 Å². The molecule has 0 radical (unpaired) electrons. The van der Waals surface area contributed by atoms with Crippen molar-refractivity contribution >= 4 is 11.6 Å². The Bertz CT molecular complexity index is 548. The Balaban J connectivity index is 2.30. The van der Waals surface area contributed by atoms with Crippen LogP contribution in [0.15, 0.2) is 35.5 Å². The van der Waals surface area contributed by atoms with Gasteiger partial charge in [0.1, 0.15) is 5.15 Å². The normalized spacial score (nSPS) is 10.4. The van der Waals surface area contributed by atoms with Crippen LogP contribution >= 0.6 is 11.6 Å². The van der Waals surface area contributed by atoms with Gasteiger partial charge in [0.15, 0.2) is 0 Å². The summed E-state index contributed by atoms with van der Waals surface area (Å²) in [7, 11) is 0. The maximum Gasteiger partial charge on any atom is 0.347 e. The van der Waals surface area contributed by atoms with Gasteiger partial charge in [0.25, 0.3) is 0 Å². The van der Waals surface area contributed by atoms with E-state index in [1.165, 1.54) is 0 Å². The van der Waals surface area contributed by atoms with Crippen molar-refractivity contribution in [2.75, 3.05) is 0 Å². The Morgan fingerprint density at radius 2 is 2.12 bits per heavy atom. The number of nitrogens with zero attached hydrogens (tertiary/aromatic N) is 3. The summed E-state index contributed by atoms with van der Waals surface area (Å²) in [5.41, 5.74) is 1.60. The van der Waals surface area contributed by atoms with Crippen molar-refractivity contribution in [3.8, 4) is 0 Å². The number of pyridine rings is 1. The summed E-state index contributed by atoms with van der Waals surface area (Å²) in [4.78, 5) is 19.2. The number of hydrogen-bond acceptors (Lipinski definition) is 3. The third-order valence-corrected chi connectivity index (χ3v) is 2.35. The van der Waals surface area contributed by atoms with Gasteiger partial charge in [0, 0.05) is 18.6 Å². The molecule has 0 unspecified atom stereocenters. The van der Waals surface area contributed by atoms with E-state index in [4.69, 9.17) is 11.6 Å². The third kappa shape index (κ3) is 2.46. The maximum absolute atomic E-state index is 11.4. The Morgan fingerprint density at radius 1 is 1.31 bits per heavy atom. The van der Waals surface area contributed by atoms with Gasteiger partial charge in [-0.2, -0.15) is 0 Å². The second kappa shape index (κ2) is 4.45. The minimum absolute atomic E-state index is 0.263. The fourth-order valence-electron chi connectivity index (χ4n) is 1.38. The van der Waals surface area contributed by atoms with Crippen LogP contribution in [0.2, 0.25) is 5.15 Å². The smallest absolute Gasteiger partial charge is 0.294 e. The van der Waals surface area contributed by atoms with Crippen molar-refractivity contribution in [3.63, 3.8) is 0 Å². The lowest BCUT2D eigenvalue weighted by Crippen LogP contribution is -2.22. The van der Waals surface area contributed by atoms with Crippen LogP contribution in [0.25, 0.3) is 0 Å². The first kappa shape index (κ1) is 10.8. The summed E-state index contributed by atoms with van der Waals surface area (Å²) in [6, 6.07) is 3.54. The first-order valence-corrected chi connectivity index (χ1v) is 5.16. The lowest BCUT2D eigenvalue weighted by molar-refractivity contribution is 0.719. The Hall–Kier alpha value is -1.68. The van der Waals surface area contributed by atoms with E-state index in [2.05, 4.69) is 9.97 Å². The van der Waals surface area contributed by atoms with E-state index in [-0.39, 0.29) is 5.69 Å². The highest BCUT2D eigenvalue weighted by molar-refractivity contribution is 6.29. The highest BCUT2D eigenvalue weighted by Gasteiger charge is 1.99. The Kier molecular flexibility index (Phi) is 3.01. The lowest BCUT2D eigenvalue weighted by Gasteiger charge is -2.05. The first-order valence-electron chi connectivity index (χ1n) is 4.79. The summed E-state index contributed by atoms with van der Waals surface area (Å²) in [5, 5.41) is 0.443. The van der Waals surface area contributed by atoms with E-state index in [0.717, 1.165) is 11.1 Å². The van der Waals surface area contributed by atoms with E-state index in [0.29, 0.717) is 11.7 Å². The van der Waals surface area contributed by atoms with Crippen LogP contribution in [-0.4, -0.2) is 14.5 Å². The van der Waals surface area contributed by atoms with Crippen molar-refractivity contribution < 1.29 is 0 Å². The molecule has 0 atom stereocenters. The standard InChI is InChI=1S/C11H10ClN3O/c1-8-4-14-11(16)15(6-8)7-9-2-3-10(12)13-5-9/h2-6H,7H2,1H3. The molecule has 0 aliphatic rings. The quantitative estimate of drug-likeness (QED) is 0.744. The van der Waals surface area contributed by atoms with Gasteiger partial charge in [-0.05, 0) is 24.1 Å². The van der Waals surface area contributed by atoms with Crippen LogP contribution in [0.5, 0.6) is 0 Å². The van der Waals surface area contributed by atoms with E-state index >= 15 is 0 Å². The summed E-state index contributed by atoms with van der Waals surface area (Å²) in [6.45, 7) is 2.35. The topological polar surface area (TPSA) is 47.8 Å². The molecule has 0 amide bonds. The van der Waals surface area contributed by atoms with Gasteiger partial charge in [0.2, 0.25) is 0 Å². The molecule has 0 saturated carbocycles. The van der Waals surface area contributed by atoms with Gasteiger partial charge in [-0.1, -0.05) is 17.7 Å². The predicted octanol–water partition coefficient (Wildman–Crippen LogP) is 1.65. The zero-order valence-corrected chi connectivity index (χ0v) is 9.48. The van der Waals surface area contributed by atoms with Crippen LogP contribution in [0.1, 0.15) is 11.1 Å². The highest BCUT2D eigenvalue weighted by Crippen LogP contribution is 2.06. The minimum Gasteiger partial charge on any atom is -0.294 e. The molecule has 0 bridgehead atoms. The van der Waals surface area contributed by atoms with Crippen molar-refractivity contribution in [1.82, 2.24) is 14.5 Å². The number of rotatable bonds is 2. The molecule has 0 spiro atoms. The summed E-state index contributed by atoms with van der Waals surface area (Å²) in [6.07, 6.45) is 4.97. The third-order valence-electron chi connectivity index (χ3n) is 2.13. The van der Waals surface area contributed by atoms with Gasteiger partial charge in [-0.3, -0.25) is 4.57 Å². The van der Waals surface area contributed by atoms with Crippen molar-refractivity contribution in [2.24, 2.45) is 0 Å². The summed E-state index contributed by atoms with van der Waals surface area (Å²) < 4.78 is 1.54. The molecule has 82 valence electrons. The molecule has 0 saturated heterocycles. The molecular weight excluding hydrogens is 226 g/mol. The van der Waals surface area contributed by atoms with E-state index in [1.807, 2.05) is 13.0 Å². The van der Waals surface area contributed by atoms with Crippen molar-refractivity contribution in [2.45, 2.75) is 13.5 Å². The van der Waals surface area contributed by atoms with Gasteiger partial charge >= 0.3 is 5.69 Å². The van der Waals surface area contributed by atoms with E-state index in [1.54, 1.807) is 29.2 Å². The molecule has 0 aliphatic carbocycles. The van der Waals surface area contributed by atoms with Gasteiger partial charge in [-0.15, -0.1) is 0 Å². The van der Waals surface area contributed by atoms with Crippen LogP contribution < -0.4 is 5.69 Å². The highest BCUT2D eigenvalue weighted by atomic mass is 35.5. The molecule has 0 aliphatic heterocycles. The van der Waals surface area contributed by atoms with Crippen LogP contribution in [0.3, 0.4) is 0 Å². The molecule has 2 heterocycles. The molecule has 2 rings (SSSR count). The van der Waals surface area contributed by atoms with Crippen molar-refractivity contribution in [1.29, 1.82) is 0 Å². The average Bonchev–Trinajstić information content (AvgIpc) is 2.27. The lowest BCUT2D eigenvalue weighted by atomic mass is 10.3. The zero-order chi connectivity index (χ0) is 11.5. The molecule has 16 heavy (non-hydrogen) atoms. The predicted molar refractivity (Wildman–Crippen MR) is 61.6 cm³/mol. The fourth-order valence-corrected chi connectivity index (χ4v) is 1.49. The number of aromatic nitrogens is 3. The Morgan fingerprint density at radius 3 is 2.81 bits per heavy atom. The van der Waals surface area contributed by atoms with Crippen LogP contribution in [0, 0.1) is 6.92 Å². The summed E-state index contributed by atoms with van der Waals surface area (Å²) in [5.74, 6) is 0. The number of halogens is 1. The van der Waals surface area contributed by atoms with E-state index in [9.17, 15) is 4.79 Å². The molecule has 2 aromatic rings. The SMILES string of the molecule is Cc1cnc(=O)n(Cc2ccc(Cl)nc2)c1. The molecule has 2 aromatic heterocycles. The van der Waals surface area contributed by atoms with E-state index < -0.39 is 0 Å². The average molecular weight is 236 g/mol. The molecule has 0 fully saturated rings. The maximum atomic E-state index is 11.4. The van der Waals surface area contributed by atoms with Crippen LogP contribution in [0.4, 0.5) is 0 Å². The summed E-state index contributed by atoms with van der Waals surface area (Å²) >= 11 is 5.68. The van der Waals surface area contributed by atoms with Gasteiger partial charge < -0.3 is 0 Å². The molecular formula is C11H10ClN3O. The molecule has 5 heteroatoms. The van der Waals surface area contributed by atoms with Crippen molar-refractivity contribution in [3.05, 3.63) is 57.5 Å². The first-order chi connectivity index (χ1) is 7.65. The molecule has 0 aromatic carbocycles. The zero-order valence-electron chi connectivity index (χ0n) is 8.72.